The third-order valence-electron chi connectivity index (χ3n) is 3.32. The topological polar surface area (TPSA) is 34.1 Å². The molecule has 0 saturated carbocycles. The van der Waals surface area contributed by atoms with Gasteiger partial charge in [0.05, 0.1) is 7.11 Å². The van der Waals surface area contributed by atoms with Gasteiger partial charge in [-0.3, -0.25) is 4.98 Å². The van der Waals surface area contributed by atoms with Gasteiger partial charge in [0.15, 0.2) is 0 Å². The van der Waals surface area contributed by atoms with Crippen molar-refractivity contribution in [2.24, 2.45) is 0 Å². The summed E-state index contributed by atoms with van der Waals surface area (Å²) in [5, 5.41) is 3.54. The maximum Gasteiger partial charge on any atom is 0.122 e. The first-order valence-corrected chi connectivity index (χ1v) is 7.05. The van der Waals surface area contributed by atoms with Crippen LogP contribution in [-0.4, -0.2) is 24.7 Å². The molecule has 1 aromatic carbocycles. The number of hydrogen-bond donors (Lipinski definition) is 1. The molecule has 3 heteroatoms. The van der Waals surface area contributed by atoms with E-state index in [2.05, 4.69) is 35.4 Å². The molecule has 0 radical (unpaired) electrons. The van der Waals surface area contributed by atoms with E-state index in [9.17, 15) is 0 Å². The van der Waals surface area contributed by atoms with Gasteiger partial charge in [0.2, 0.25) is 0 Å². The first kappa shape index (κ1) is 14.5. The number of pyridine rings is 1. The number of rotatable bonds is 7. The Morgan fingerprint density at radius 1 is 1.15 bits per heavy atom. The second-order valence-electron chi connectivity index (χ2n) is 4.94. The first-order chi connectivity index (χ1) is 9.79. The molecule has 106 valence electrons. The van der Waals surface area contributed by atoms with Crippen molar-refractivity contribution in [3.63, 3.8) is 0 Å². The molecule has 1 N–H and O–H groups in total. The Morgan fingerprint density at radius 2 is 1.95 bits per heavy atom. The highest BCUT2D eigenvalue weighted by molar-refractivity contribution is 5.33. The van der Waals surface area contributed by atoms with Crippen LogP contribution in [0.1, 0.15) is 18.2 Å². The number of benzene rings is 1. The molecule has 1 aromatic heterocycles. The van der Waals surface area contributed by atoms with Crippen LogP contribution in [0.3, 0.4) is 0 Å². The number of methoxy groups -OCH3 is 1. The maximum atomic E-state index is 5.38. The Balaban J connectivity index is 1.79. The van der Waals surface area contributed by atoms with Crippen LogP contribution in [0.5, 0.6) is 5.75 Å². The van der Waals surface area contributed by atoms with Gasteiger partial charge in [0, 0.05) is 30.9 Å². The van der Waals surface area contributed by atoms with Gasteiger partial charge in [0.1, 0.15) is 5.75 Å². The smallest absolute Gasteiger partial charge is 0.122 e. The Kier molecular flexibility index (Phi) is 5.56. The summed E-state index contributed by atoms with van der Waals surface area (Å²) in [7, 11) is 1.72. The van der Waals surface area contributed by atoms with Gasteiger partial charge in [-0.25, -0.2) is 0 Å². The van der Waals surface area contributed by atoms with Gasteiger partial charge in [-0.1, -0.05) is 24.3 Å². The van der Waals surface area contributed by atoms with Gasteiger partial charge in [-0.05, 0) is 37.1 Å². The third-order valence-corrected chi connectivity index (χ3v) is 3.32. The molecule has 3 nitrogen and oxygen atoms in total. The molecule has 0 saturated heterocycles. The SMILES string of the molecule is COc1ccccc1CC(C)NCCc1ccccn1. The van der Waals surface area contributed by atoms with E-state index in [0.717, 1.165) is 30.8 Å². The lowest BCUT2D eigenvalue weighted by atomic mass is 10.1. The van der Waals surface area contributed by atoms with Crippen molar-refractivity contribution in [2.75, 3.05) is 13.7 Å². The molecule has 20 heavy (non-hydrogen) atoms. The minimum Gasteiger partial charge on any atom is -0.496 e. The number of ether oxygens (including phenoxy) is 1. The fourth-order valence-corrected chi connectivity index (χ4v) is 2.27. The van der Waals surface area contributed by atoms with Crippen molar-refractivity contribution in [1.82, 2.24) is 10.3 Å². The molecule has 2 aromatic rings. The molecular weight excluding hydrogens is 248 g/mol. The number of nitrogens with zero attached hydrogens (tertiary/aromatic N) is 1. The molecule has 0 fully saturated rings. The second kappa shape index (κ2) is 7.65. The third kappa shape index (κ3) is 4.35. The van der Waals surface area contributed by atoms with E-state index in [4.69, 9.17) is 4.74 Å². The van der Waals surface area contributed by atoms with Crippen LogP contribution in [0.4, 0.5) is 0 Å². The largest absolute Gasteiger partial charge is 0.496 e. The molecule has 0 aliphatic heterocycles. The second-order valence-corrected chi connectivity index (χ2v) is 4.94. The van der Waals surface area contributed by atoms with Gasteiger partial charge in [-0.15, -0.1) is 0 Å². The van der Waals surface area contributed by atoms with E-state index in [0.29, 0.717) is 6.04 Å². The fourth-order valence-electron chi connectivity index (χ4n) is 2.27. The highest BCUT2D eigenvalue weighted by Crippen LogP contribution is 2.18. The fraction of sp³-hybridized carbons (Fsp3) is 0.353. The monoisotopic (exact) mass is 270 g/mol. The van der Waals surface area contributed by atoms with E-state index >= 15 is 0 Å². The summed E-state index contributed by atoms with van der Waals surface area (Å²) in [4.78, 5) is 4.33. The molecule has 0 spiro atoms. The average Bonchev–Trinajstić information content (AvgIpc) is 2.49. The van der Waals surface area contributed by atoms with Gasteiger partial charge >= 0.3 is 0 Å². The maximum absolute atomic E-state index is 5.38. The quantitative estimate of drug-likeness (QED) is 0.840. The van der Waals surface area contributed by atoms with Crippen molar-refractivity contribution in [3.8, 4) is 5.75 Å². The van der Waals surface area contributed by atoms with E-state index in [1.165, 1.54) is 5.56 Å². The number of nitrogens with one attached hydrogen (secondary N) is 1. The van der Waals surface area contributed by atoms with Gasteiger partial charge in [0.25, 0.3) is 0 Å². The van der Waals surface area contributed by atoms with Crippen molar-refractivity contribution in [1.29, 1.82) is 0 Å². The highest BCUT2D eigenvalue weighted by Gasteiger charge is 2.07. The summed E-state index contributed by atoms with van der Waals surface area (Å²) in [6.45, 7) is 3.14. The number of aromatic nitrogens is 1. The minimum atomic E-state index is 0.412. The molecule has 2 rings (SSSR count). The van der Waals surface area contributed by atoms with Crippen LogP contribution >= 0.6 is 0 Å². The Bertz CT molecular complexity index is 513. The molecule has 0 aliphatic rings. The van der Waals surface area contributed by atoms with Crippen LogP contribution in [0, 0.1) is 0 Å². The first-order valence-electron chi connectivity index (χ1n) is 7.05. The lowest BCUT2D eigenvalue weighted by molar-refractivity contribution is 0.406. The van der Waals surface area contributed by atoms with E-state index < -0.39 is 0 Å². The van der Waals surface area contributed by atoms with Crippen LogP contribution in [0.2, 0.25) is 0 Å². The van der Waals surface area contributed by atoms with E-state index in [-0.39, 0.29) is 0 Å². The molecule has 0 aliphatic carbocycles. The summed E-state index contributed by atoms with van der Waals surface area (Å²) in [5.41, 5.74) is 2.37. The van der Waals surface area contributed by atoms with Crippen molar-refractivity contribution in [2.45, 2.75) is 25.8 Å². The molecule has 1 unspecified atom stereocenters. The predicted molar refractivity (Wildman–Crippen MR) is 82.1 cm³/mol. The van der Waals surface area contributed by atoms with Gasteiger partial charge in [-0.2, -0.15) is 0 Å². The predicted octanol–water partition coefficient (Wildman–Crippen LogP) is 2.85. The summed E-state index contributed by atoms with van der Waals surface area (Å²) in [6.07, 6.45) is 3.76. The Hall–Kier alpha value is -1.87. The average molecular weight is 270 g/mol. The summed E-state index contributed by atoms with van der Waals surface area (Å²) < 4.78 is 5.38. The summed E-state index contributed by atoms with van der Waals surface area (Å²) >= 11 is 0. The zero-order valence-corrected chi connectivity index (χ0v) is 12.2. The lowest BCUT2D eigenvalue weighted by Gasteiger charge is -2.15. The van der Waals surface area contributed by atoms with Crippen LogP contribution in [0.25, 0.3) is 0 Å². The molecular formula is C17H22N2O. The van der Waals surface area contributed by atoms with Gasteiger partial charge < -0.3 is 10.1 Å². The number of hydrogen-bond acceptors (Lipinski definition) is 3. The minimum absolute atomic E-state index is 0.412. The van der Waals surface area contributed by atoms with Crippen LogP contribution < -0.4 is 10.1 Å². The normalized spacial score (nSPS) is 12.1. The molecule has 0 bridgehead atoms. The van der Waals surface area contributed by atoms with Crippen molar-refractivity contribution < 1.29 is 4.74 Å². The van der Waals surface area contributed by atoms with Crippen molar-refractivity contribution >= 4 is 0 Å². The van der Waals surface area contributed by atoms with E-state index in [1.54, 1.807) is 7.11 Å². The highest BCUT2D eigenvalue weighted by atomic mass is 16.5. The number of para-hydroxylation sites is 1. The van der Waals surface area contributed by atoms with Crippen LogP contribution in [-0.2, 0) is 12.8 Å². The molecule has 0 amide bonds. The Labute approximate surface area is 121 Å². The summed E-state index contributed by atoms with van der Waals surface area (Å²) in [5.74, 6) is 0.964. The van der Waals surface area contributed by atoms with E-state index in [1.807, 2.05) is 30.5 Å². The standard InChI is InChI=1S/C17H22N2O/c1-14(13-15-7-3-4-9-17(15)20-2)18-12-10-16-8-5-6-11-19-16/h3-9,11,14,18H,10,12-13H2,1-2H3. The van der Waals surface area contributed by atoms with Crippen molar-refractivity contribution in [3.05, 3.63) is 59.9 Å². The molecule has 1 atom stereocenters. The van der Waals surface area contributed by atoms with Crippen LogP contribution in [0.15, 0.2) is 48.7 Å². The lowest BCUT2D eigenvalue weighted by Crippen LogP contribution is -2.30. The molecule has 1 heterocycles. The zero-order chi connectivity index (χ0) is 14.2. The Morgan fingerprint density at radius 3 is 2.70 bits per heavy atom. The summed E-state index contributed by atoms with van der Waals surface area (Å²) in [6, 6.07) is 14.6. The zero-order valence-electron chi connectivity index (χ0n) is 12.2.